The molecule has 4 N–H and O–H groups in total. The number of amides is 1. The van der Waals surface area contributed by atoms with Crippen molar-refractivity contribution < 1.29 is 14.3 Å². The van der Waals surface area contributed by atoms with Crippen LogP contribution in [-0.2, 0) is 6.54 Å². The Morgan fingerprint density at radius 1 is 1.52 bits per heavy atom. The molecule has 0 bridgehead atoms. The maximum atomic E-state index is 12.0. The molecule has 0 radical (unpaired) electrons. The second-order valence-electron chi connectivity index (χ2n) is 4.61. The van der Waals surface area contributed by atoms with Gasteiger partial charge in [-0.05, 0) is 18.6 Å². The number of hydrogen-bond acceptors (Lipinski definition) is 5. The van der Waals surface area contributed by atoms with Gasteiger partial charge in [0.05, 0.1) is 6.10 Å². The largest absolute Gasteiger partial charge is 0.446 e. The van der Waals surface area contributed by atoms with Gasteiger partial charge in [0.15, 0.2) is 5.69 Å². The fourth-order valence-corrected chi connectivity index (χ4v) is 1.86. The van der Waals surface area contributed by atoms with Crippen LogP contribution in [0.15, 0.2) is 34.9 Å². The quantitative estimate of drug-likeness (QED) is 0.779. The van der Waals surface area contributed by atoms with Crippen LogP contribution >= 0.6 is 11.6 Å². The van der Waals surface area contributed by atoms with Gasteiger partial charge in [-0.15, -0.1) is 0 Å². The first-order chi connectivity index (χ1) is 9.99. The zero-order valence-electron chi connectivity index (χ0n) is 11.4. The van der Waals surface area contributed by atoms with Crippen molar-refractivity contribution >= 4 is 17.5 Å². The maximum absolute atomic E-state index is 12.0. The summed E-state index contributed by atoms with van der Waals surface area (Å²) in [6, 6.07) is 6.45. The van der Waals surface area contributed by atoms with Crippen LogP contribution in [0.3, 0.4) is 0 Å². The summed E-state index contributed by atoms with van der Waals surface area (Å²) >= 11 is 6.00. The molecule has 7 heteroatoms. The van der Waals surface area contributed by atoms with Gasteiger partial charge in [-0.2, -0.15) is 0 Å². The van der Waals surface area contributed by atoms with E-state index in [1.165, 1.54) is 13.2 Å². The molecule has 0 aliphatic heterocycles. The van der Waals surface area contributed by atoms with E-state index in [0.717, 1.165) is 5.56 Å². The summed E-state index contributed by atoms with van der Waals surface area (Å²) in [5.41, 5.74) is 6.59. The fourth-order valence-electron chi connectivity index (χ4n) is 1.66. The highest BCUT2D eigenvalue weighted by Crippen LogP contribution is 2.16. The third kappa shape index (κ3) is 3.81. The van der Waals surface area contributed by atoms with Crippen LogP contribution in [-0.4, -0.2) is 22.1 Å². The first-order valence-corrected chi connectivity index (χ1v) is 6.77. The lowest BCUT2D eigenvalue weighted by Gasteiger charge is -2.09. The van der Waals surface area contributed by atoms with Crippen molar-refractivity contribution in [1.29, 1.82) is 0 Å². The Morgan fingerprint density at radius 3 is 2.90 bits per heavy atom. The number of halogens is 1. The monoisotopic (exact) mass is 309 g/mol. The molecular weight excluding hydrogens is 294 g/mol. The van der Waals surface area contributed by atoms with Gasteiger partial charge in [0.1, 0.15) is 12.3 Å². The molecule has 112 valence electrons. The number of carbonyl (C=O) groups excluding carboxylic acids is 1. The van der Waals surface area contributed by atoms with Gasteiger partial charge in [-0.1, -0.05) is 29.8 Å². The van der Waals surface area contributed by atoms with E-state index in [1.54, 1.807) is 6.07 Å². The Balaban J connectivity index is 2.00. The topological polar surface area (TPSA) is 101 Å². The number of aliphatic hydroxyl groups is 1. The number of carbonyl (C=O) groups is 1. The highest BCUT2D eigenvalue weighted by Gasteiger charge is 2.20. The first-order valence-electron chi connectivity index (χ1n) is 6.39. The van der Waals surface area contributed by atoms with Crippen LogP contribution in [0.5, 0.6) is 0 Å². The summed E-state index contributed by atoms with van der Waals surface area (Å²) < 4.78 is 5.10. The minimum Gasteiger partial charge on any atom is -0.446 e. The van der Waals surface area contributed by atoms with E-state index in [-0.39, 0.29) is 18.1 Å². The summed E-state index contributed by atoms with van der Waals surface area (Å²) in [6.07, 6.45) is 0.391. The predicted molar refractivity (Wildman–Crippen MR) is 77.7 cm³/mol. The Bertz CT molecular complexity index is 627. The number of nitrogens with two attached hydrogens (primary N) is 1. The van der Waals surface area contributed by atoms with Crippen molar-refractivity contribution in [1.82, 2.24) is 10.3 Å². The van der Waals surface area contributed by atoms with E-state index in [9.17, 15) is 9.90 Å². The highest BCUT2D eigenvalue weighted by atomic mass is 35.5. The Hall–Kier alpha value is -1.89. The predicted octanol–water partition coefficient (Wildman–Crippen LogP) is 1.64. The van der Waals surface area contributed by atoms with Crippen LogP contribution in [0.2, 0.25) is 5.02 Å². The van der Waals surface area contributed by atoms with Crippen LogP contribution in [0, 0.1) is 0 Å². The third-order valence-electron chi connectivity index (χ3n) is 2.96. The van der Waals surface area contributed by atoms with Crippen molar-refractivity contribution in [2.24, 2.45) is 5.73 Å². The summed E-state index contributed by atoms with van der Waals surface area (Å²) in [7, 11) is 0. The number of rotatable bonds is 5. The fraction of sp³-hybridized carbons (Fsp3) is 0.286. The molecule has 2 rings (SSSR count). The van der Waals surface area contributed by atoms with Crippen LogP contribution in [0.25, 0.3) is 0 Å². The molecule has 1 amide bonds. The van der Waals surface area contributed by atoms with Crippen molar-refractivity contribution in [3.05, 3.63) is 52.7 Å². The van der Waals surface area contributed by atoms with Gasteiger partial charge in [0.25, 0.3) is 5.91 Å². The van der Waals surface area contributed by atoms with Gasteiger partial charge in [0.2, 0.25) is 5.89 Å². The van der Waals surface area contributed by atoms with Crippen molar-refractivity contribution in [3.63, 3.8) is 0 Å². The molecule has 0 saturated heterocycles. The van der Waals surface area contributed by atoms with Gasteiger partial charge < -0.3 is 20.6 Å². The SMILES string of the molecule is CC(O)C(N)c1nc(C(=O)NCc2ccccc2Cl)co1. The lowest BCUT2D eigenvalue weighted by atomic mass is 10.2. The molecule has 21 heavy (non-hydrogen) atoms. The van der Waals surface area contributed by atoms with E-state index in [0.29, 0.717) is 5.02 Å². The van der Waals surface area contributed by atoms with E-state index < -0.39 is 18.1 Å². The molecule has 6 nitrogen and oxygen atoms in total. The number of aliphatic hydroxyl groups excluding tert-OH is 1. The molecule has 2 unspecified atom stereocenters. The zero-order chi connectivity index (χ0) is 15.4. The van der Waals surface area contributed by atoms with Crippen LogP contribution < -0.4 is 11.1 Å². The molecule has 1 aromatic carbocycles. The summed E-state index contributed by atoms with van der Waals surface area (Å²) in [5.74, 6) is -0.282. The minimum absolute atomic E-state index is 0.105. The van der Waals surface area contributed by atoms with Crippen molar-refractivity contribution in [2.45, 2.75) is 25.6 Å². The Morgan fingerprint density at radius 2 is 2.24 bits per heavy atom. The van der Waals surface area contributed by atoms with E-state index in [2.05, 4.69) is 10.3 Å². The van der Waals surface area contributed by atoms with E-state index in [1.807, 2.05) is 18.2 Å². The summed E-state index contributed by atoms with van der Waals surface area (Å²) in [4.78, 5) is 15.9. The van der Waals surface area contributed by atoms with E-state index >= 15 is 0 Å². The normalized spacial score (nSPS) is 13.7. The number of benzene rings is 1. The van der Waals surface area contributed by atoms with Gasteiger partial charge >= 0.3 is 0 Å². The van der Waals surface area contributed by atoms with Gasteiger partial charge in [-0.25, -0.2) is 4.98 Å². The second-order valence-corrected chi connectivity index (χ2v) is 5.02. The number of hydrogen-bond donors (Lipinski definition) is 3. The van der Waals surface area contributed by atoms with Crippen molar-refractivity contribution in [3.8, 4) is 0 Å². The second kappa shape index (κ2) is 6.71. The first kappa shape index (κ1) is 15.5. The number of aromatic nitrogens is 1. The third-order valence-corrected chi connectivity index (χ3v) is 3.33. The van der Waals surface area contributed by atoms with Gasteiger partial charge in [-0.3, -0.25) is 4.79 Å². The van der Waals surface area contributed by atoms with Gasteiger partial charge in [0, 0.05) is 11.6 Å². The molecule has 0 aliphatic carbocycles. The smallest absolute Gasteiger partial charge is 0.273 e. The molecule has 0 fully saturated rings. The number of nitrogens with one attached hydrogen (secondary N) is 1. The number of oxazole rings is 1. The number of nitrogens with zero attached hydrogens (tertiary/aromatic N) is 1. The van der Waals surface area contributed by atoms with Crippen LogP contribution in [0.1, 0.15) is 34.9 Å². The van der Waals surface area contributed by atoms with Crippen LogP contribution in [0.4, 0.5) is 0 Å². The lowest BCUT2D eigenvalue weighted by molar-refractivity contribution is 0.0945. The average molecular weight is 310 g/mol. The molecule has 1 heterocycles. The molecule has 2 atom stereocenters. The maximum Gasteiger partial charge on any atom is 0.273 e. The van der Waals surface area contributed by atoms with Crippen molar-refractivity contribution in [2.75, 3.05) is 0 Å². The molecule has 0 saturated carbocycles. The standard InChI is InChI=1S/C14H16ClN3O3/c1-8(19)12(16)14-18-11(7-21-14)13(20)17-6-9-4-2-3-5-10(9)15/h2-5,7-8,12,19H,6,16H2,1H3,(H,17,20). The molecule has 2 aromatic rings. The lowest BCUT2D eigenvalue weighted by Crippen LogP contribution is -2.25. The minimum atomic E-state index is -0.817. The van der Waals surface area contributed by atoms with E-state index in [4.69, 9.17) is 21.8 Å². The Labute approximate surface area is 126 Å². The molecule has 1 aromatic heterocycles. The summed E-state index contributed by atoms with van der Waals surface area (Å²) in [5, 5.41) is 12.6. The molecular formula is C14H16ClN3O3. The highest BCUT2D eigenvalue weighted by molar-refractivity contribution is 6.31. The summed E-state index contributed by atoms with van der Waals surface area (Å²) in [6.45, 7) is 1.80. The molecule has 0 aliphatic rings. The Kier molecular flexibility index (Phi) is 4.95. The molecule has 0 spiro atoms. The zero-order valence-corrected chi connectivity index (χ0v) is 12.2. The average Bonchev–Trinajstić information content (AvgIpc) is 2.95.